The van der Waals surface area contributed by atoms with Crippen LogP contribution >= 0.6 is 0 Å². The van der Waals surface area contributed by atoms with Crippen molar-refractivity contribution in [1.29, 1.82) is 0 Å². The van der Waals surface area contributed by atoms with Crippen LogP contribution in [-0.4, -0.2) is 10.7 Å². The first-order chi connectivity index (χ1) is 7.31. The minimum Gasteiger partial charge on any atom is -0.322 e. The Hall–Kier alpha value is -1.44. The van der Waals surface area contributed by atoms with Crippen LogP contribution in [0.15, 0.2) is 30.3 Å². The molecule has 0 aliphatic carbocycles. The summed E-state index contributed by atoms with van der Waals surface area (Å²) < 4.78 is 2.00. The molecule has 1 N–H and O–H groups in total. The lowest BCUT2D eigenvalue weighted by Gasteiger charge is -2.15. The molecule has 2 heteroatoms. The molecule has 2 nitrogen and oxygen atoms in total. The van der Waals surface area contributed by atoms with Crippen molar-refractivity contribution in [3.05, 3.63) is 36.5 Å². The monoisotopic (exact) mass is 201 g/mol. The van der Waals surface area contributed by atoms with Gasteiger partial charge in [-0.2, -0.15) is 0 Å². The van der Waals surface area contributed by atoms with Crippen molar-refractivity contribution in [1.82, 2.24) is 4.68 Å². The van der Waals surface area contributed by atoms with Gasteiger partial charge >= 0.3 is 0 Å². The van der Waals surface area contributed by atoms with Crippen LogP contribution in [0.4, 0.5) is 0 Å². The number of benzene rings is 1. The number of rotatable bonds is 4. The molecule has 0 aliphatic heterocycles. The van der Waals surface area contributed by atoms with Gasteiger partial charge in [-0.3, -0.25) is 4.68 Å². The predicted molar refractivity (Wildman–Crippen MR) is 64.5 cm³/mol. The van der Waals surface area contributed by atoms with Crippen LogP contribution in [0.3, 0.4) is 0 Å². The van der Waals surface area contributed by atoms with Crippen LogP contribution in [0.5, 0.6) is 0 Å². The average molecular weight is 201 g/mol. The van der Waals surface area contributed by atoms with Crippen LogP contribution in [0.1, 0.15) is 26.7 Å². The van der Waals surface area contributed by atoms with Gasteiger partial charge in [0.05, 0.1) is 11.7 Å². The van der Waals surface area contributed by atoms with E-state index < -0.39 is 0 Å². The zero-order valence-electron chi connectivity index (χ0n) is 9.33. The maximum Gasteiger partial charge on any atom is 0.0890 e. The van der Waals surface area contributed by atoms with Gasteiger partial charge in [0.25, 0.3) is 0 Å². The first-order valence-electron chi connectivity index (χ1n) is 5.56. The predicted octanol–water partition coefficient (Wildman–Crippen LogP) is 3.17. The van der Waals surface area contributed by atoms with Gasteiger partial charge < -0.3 is 5.43 Å². The summed E-state index contributed by atoms with van der Waals surface area (Å²) in [6, 6.07) is 10.8. The minimum absolute atomic E-state index is 0.488. The van der Waals surface area contributed by atoms with E-state index in [0.29, 0.717) is 6.04 Å². The van der Waals surface area contributed by atoms with Gasteiger partial charge in [-0.15, -0.1) is 0 Å². The Morgan fingerprint density at radius 2 is 2.20 bits per heavy atom. The molecule has 0 aliphatic rings. The number of aromatic nitrogens is 1. The Kier molecular flexibility index (Phi) is 2.95. The molecule has 2 rings (SSSR count). The lowest BCUT2D eigenvalue weighted by Crippen LogP contribution is -2.24. The normalized spacial score (nSPS) is 12.9. The zero-order chi connectivity index (χ0) is 10.7. The average Bonchev–Trinajstić information content (AvgIpc) is 2.62. The van der Waals surface area contributed by atoms with Gasteiger partial charge in [0.2, 0.25) is 0 Å². The quantitative estimate of drug-likeness (QED) is 0.804. The highest BCUT2D eigenvalue weighted by Crippen LogP contribution is 2.13. The summed E-state index contributed by atoms with van der Waals surface area (Å²) in [6.07, 6.45) is 5.59. The van der Waals surface area contributed by atoms with Gasteiger partial charge in [-0.1, -0.05) is 31.5 Å². The van der Waals surface area contributed by atoms with Crippen molar-refractivity contribution in [2.24, 2.45) is 0 Å². The molecule has 1 unspecified atom stereocenters. The van der Waals surface area contributed by atoms with Gasteiger partial charge in [0.1, 0.15) is 0 Å². The molecule has 0 saturated heterocycles. The molecule has 1 radical (unpaired) electrons. The molecule has 0 bridgehead atoms. The number of nitrogens with zero attached hydrogens (tertiary/aromatic N) is 1. The lowest BCUT2D eigenvalue weighted by atomic mass is 10.2. The number of fused-ring (bicyclic) bond motifs is 1. The molecule has 1 atom stereocenters. The fraction of sp³-hybridized carbons (Fsp3) is 0.385. The second kappa shape index (κ2) is 4.39. The van der Waals surface area contributed by atoms with Gasteiger partial charge in [0, 0.05) is 11.4 Å². The van der Waals surface area contributed by atoms with Crippen molar-refractivity contribution >= 4 is 10.9 Å². The number of para-hydroxylation sites is 1. The molecule has 0 spiro atoms. The molecule has 1 aromatic heterocycles. The summed E-state index contributed by atoms with van der Waals surface area (Å²) in [7, 11) is 0. The maximum atomic E-state index is 3.43. The fourth-order valence-electron chi connectivity index (χ4n) is 1.84. The summed E-state index contributed by atoms with van der Waals surface area (Å²) in [6.45, 7) is 4.40. The summed E-state index contributed by atoms with van der Waals surface area (Å²) in [5.41, 5.74) is 4.62. The minimum atomic E-state index is 0.488. The summed E-state index contributed by atoms with van der Waals surface area (Å²) in [4.78, 5) is 0. The zero-order valence-corrected chi connectivity index (χ0v) is 9.33. The molecule has 1 heterocycles. The molecule has 2 aromatic rings. The van der Waals surface area contributed by atoms with Gasteiger partial charge in [-0.25, -0.2) is 0 Å². The van der Waals surface area contributed by atoms with Crippen LogP contribution in [-0.2, 0) is 0 Å². The van der Waals surface area contributed by atoms with E-state index in [0.717, 1.165) is 0 Å². The van der Waals surface area contributed by atoms with E-state index in [-0.39, 0.29) is 0 Å². The number of hydrogen-bond acceptors (Lipinski definition) is 1. The molecular weight excluding hydrogens is 184 g/mol. The first-order valence-corrected chi connectivity index (χ1v) is 5.56. The molecule has 0 amide bonds. The topological polar surface area (TPSA) is 17.0 Å². The van der Waals surface area contributed by atoms with Crippen molar-refractivity contribution in [3.63, 3.8) is 0 Å². The second-order valence-electron chi connectivity index (χ2n) is 3.99. The molecule has 0 saturated carbocycles. The van der Waals surface area contributed by atoms with E-state index in [1.165, 1.54) is 23.7 Å². The highest BCUT2D eigenvalue weighted by Gasteiger charge is 2.03. The third kappa shape index (κ3) is 2.14. The lowest BCUT2D eigenvalue weighted by molar-refractivity contribution is 0.629. The van der Waals surface area contributed by atoms with Crippen LogP contribution in [0.2, 0.25) is 0 Å². The van der Waals surface area contributed by atoms with E-state index in [2.05, 4.69) is 49.7 Å². The van der Waals surface area contributed by atoms with Crippen LogP contribution in [0, 0.1) is 6.20 Å². The van der Waals surface area contributed by atoms with E-state index in [1.54, 1.807) is 0 Å². The van der Waals surface area contributed by atoms with E-state index in [4.69, 9.17) is 0 Å². The van der Waals surface area contributed by atoms with Crippen molar-refractivity contribution in [2.75, 3.05) is 5.43 Å². The van der Waals surface area contributed by atoms with E-state index in [9.17, 15) is 0 Å². The number of hydrogen-bond donors (Lipinski definition) is 1. The summed E-state index contributed by atoms with van der Waals surface area (Å²) in [5.74, 6) is 0. The van der Waals surface area contributed by atoms with Gasteiger partial charge in [-0.05, 0) is 25.5 Å². The molecule has 1 aromatic carbocycles. The Balaban J connectivity index is 2.21. The largest absolute Gasteiger partial charge is 0.322 e. The maximum absolute atomic E-state index is 3.43. The highest BCUT2D eigenvalue weighted by atomic mass is 15.4. The van der Waals surface area contributed by atoms with Gasteiger partial charge in [0.15, 0.2) is 0 Å². The second-order valence-corrected chi connectivity index (χ2v) is 3.99. The summed E-state index contributed by atoms with van der Waals surface area (Å²) in [5, 5.41) is 1.23. The third-order valence-electron chi connectivity index (χ3n) is 2.60. The molecule has 15 heavy (non-hydrogen) atoms. The van der Waals surface area contributed by atoms with Crippen molar-refractivity contribution in [2.45, 2.75) is 32.7 Å². The molecular formula is C13H17N2. The van der Waals surface area contributed by atoms with Crippen LogP contribution in [0.25, 0.3) is 10.9 Å². The van der Waals surface area contributed by atoms with Crippen molar-refractivity contribution in [3.8, 4) is 0 Å². The van der Waals surface area contributed by atoms with E-state index in [1.807, 2.05) is 10.7 Å². The Bertz CT molecular complexity index is 431. The third-order valence-corrected chi connectivity index (χ3v) is 2.60. The van der Waals surface area contributed by atoms with E-state index >= 15 is 0 Å². The van der Waals surface area contributed by atoms with Crippen molar-refractivity contribution < 1.29 is 0 Å². The molecule has 79 valence electrons. The Morgan fingerprint density at radius 1 is 1.40 bits per heavy atom. The molecule has 0 fully saturated rings. The SMILES string of the molecule is CCCC(C)Nn1[c]cc2ccccc21. The van der Waals surface area contributed by atoms with Crippen LogP contribution < -0.4 is 5.43 Å². The Morgan fingerprint density at radius 3 is 3.00 bits per heavy atom. The standard InChI is InChI=1S/C13H17N2/c1-3-6-11(2)14-15-10-9-12-7-4-5-8-13(12)15/h4-5,7-9,11,14H,3,6H2,1-2H3. The first kappa shape index (κ1) is 10.1. The Labute approximate surface area is 90.9 Å². The summed E-state index contributed by atoms with van der Waals surface area (Å²) >= 11 is 0. The highest BCUT2D eigenvalue weighted by molar-refractivity contribution is 5.79. The number of nitrogens with one attached hydrogen (secondary N) is 1. The fourth-order valence-corrected chi connectivity index (χ4v) is 1.84. The smallest absolute Gasteiger partial charge is 0.0890 e.